The summed E-state index contributed by atoms with van der Waals surface area (Å²) in [7, 11) is 0. The van der Waals surface area contributed by atoms with Crippen LogP contribution >= 0.6 is 11.3 Å². The maximum absolute atomic E-state index is 11.5. The zero-order valence-electron chi connectivity index (χ0n) is 6.81. The van der Waals surface area contributed by atoms with Gasteiger partial charge < -0.3 is 10.1 Å². The van der Waals surface area contributed by atoms with E-state index in [2.05, 4.69) is 4.98 Å². The van der Waals surface area contributed by atoms with Gasteiger partial charge in [0.25, 0.3) is 0 Å². The van der Waals surface area contributed by atoms with Crippen molar-refractivity contribution in [3.8, 4) is 0 Å². The number of rotatable bonds is 1. The highest BCUT2D eigenvalue weighted by atomic mass is 32.1. The van der Waals surface area contributed by atoms with Crippen LogP contribution in [-0.2, 0) is 4.79 Å². The molecule has 2 N–H and O–H groups in total. The first-order valence-corrected chi connectivity index (χ1v) is 4.59. The zero-order valence-corrected chi connectivity index (χ0v) is 7.63. The number of H-pyrrole nitrogens is 1. The van der Waals surface area contributed by atoms with Crippen LogP contribution in [0.2, 0.25) is 0 Å². The van der Waals surface area contributed by atoms with E-state index in [4.69, 9.17) is 5.11 Å². The molecule has 0 fully saturated rings. The number of thiazole rings is 1. The van der Waals surface area contributed by atoms with Crippen molar-refractivity contribution in [2.75, 3.05) is 0 Å². The highest BCUT2D eigenvalue weighted by molar-refractivity contribution is 7.10. The molecule has 1 aromatic heterocycles. The Bertz CT molecular complexity index is 496. The summed E-state index contributed by atoms with van der Waals surface area (Å²) in [6.45, 7) is 0. The second-order valence-electron chi connectivity index (χ2n) is 2.79. The fourth-order valence-electron chi connectivity index (χ4n) is 1.26. The molecule has 72 valence electrons. The van der Waals surface area contributed by atoms with E-state index in [0.717, 1.165) is 11.3 Å². The van der Waals surface area contributed by atoms with Crippen LogP contribution in [-0.4, -0.2) is 21.8 Å². The molecule has 0 saturated heterocycles. The summed E-state index contributed by atoms with van der Waals surface area (Å²) in [4.78, 5) is 35.5. The molecule has 2 rings (SSSR count). The molecular formula is C8H5NO4S. The largest absolute Gasteiger partial charge is 0.480 e. The molecule has 0 amide bonds. The quantitative estimate of drug-likeness (QED) is 0.656. The third-order valence-electron chi connectivity index (χ3n) is 1.91. The summed E-state index contributed by atoms with van der Waals surface area (Å²) in [5.41, 5.74) is 0.106. The molecule has 0 aromatic carbocycles. The van der Waals surface area contributed by atoms with Crippen LogP contribution in [0.1, 0.15) is 15.4 Å². The van der Waals surface area contributed by atoms with Gasteiger partial charge >= 0.3 is 10.8 Å². The van der Waals surface area contributed by atoms with Crippen molar-refractivity contribution in [1.29, 1.82) is 0 Å². The lowest BCUT2D eigenvalue weighted by molar-refractivity contribution is -0.138. The lowest BCUT2D eigenvalue weighted by Crippen LogP contribution is -2.25. The van der Waals surface area contributed by atoms with E-state index >= 15 is 0 Å². The van der Waals surface area contributed by atoms with Crippen molar-refractivity contribution in [3.05, 3.63) is 26.3 Å². The van der Waals surface area contributed by atoms with E-state index in [1.54, 1.807) is 0 Å². The number of aromatic nitrogens is 1. The van der Waals surface area contributed by atoms with Crippen molar-refractivity contribution in [2.45, 2.75) is 0 Å². The van der Waals surface area contributed by atoms with E-state index in [9.17, 15) is 14.4 Å². The zero-order chi connectivity index (χ0) is 10.3. The summed E-state index contributed by atoms with van der Waals surface area (Å²) in [6, 6.07) is 0. The predicted molar refractivity (Wildman–Crippen MR) is 49.4 cm³/mol. The fraction of sp³-hybridized carbons (Fsp3) is 0.125. The van der Waals surface area contributed by atoms with Crippen LogP contribution in [0, 0.1) is 5.92 Å². The minimum absolute atomic E-state index is 0.106. The minimum Gasteiger partial charge on any atom is -0.480 e. The fourth-order valence-corrected chi connectivity index (χ4v) is 2.01. The number of aromatic amines is 1. The number of carboxylic acid groups (broad SMARTS) is 1. The van der Waals surface area contributed by atoms with Crippen molar-refractivity contribution in [3.63, 3.8) is 0 Å². The number of carbonyl (C=O) groups excluding carboxylic acids is 1. The number of carbonyl (C=O) groups is 2. The smallest absolute Gasteiger partial charge is 0.318 e. The number of hydrogen-bond donors (Lipinski definition) is 2. The number of carboxylic acids is 1. The number of aliphatic carboxylic acids is 1. The average Bonchev–Trinajstić information content (AvgIpc) is 2.46. The molecular weight excluding hydrogens is 206 g/mol. The molecule has 6 heteroatoms. The van der Waals surface area contributed by atoms with Gasteiger partial charge in [-0.1, -0.05) is 17.4 Å². The number of hydrogen-bond acceptors (Lipinski definition) is 4. The normalized spacial score (nSPS) is 19.4. The van der Waals surface area contributed by atoms with E-state index in [-0.39, 0.29) is 10.6 Å². The molecule has 0 radical (unpaired) electrons. The number of nitrogens with one attached hydrogen (secondary N) is 1. The second kappa shape index (κ2) is 2.91. The first kappa shape index (κ1) is 8.89. The van der Waals surface area contributed by atoms with Gasteiger partial charge in [-0.15, -0.1) is 0 Å². The molecule has 1 aromatic rings. The molecule has 0 spiro atoms. The predicted octanol–water partition coefficient (Wildman–Crippen LogP) is 0.347. The average molecular weight is 211 g/mol. The highest BCUT2D eigenvalue weighted by Gasteiger charge is 2.30. The Morgan fingerprint density at radius 2 is 2.21 bits per heavy atom. The second-order valence-corrected chi connectivity index (χ2v) is 3.81. The number of Topliss-reactive ketones (excluding diaryl/α,β-unsaturated/α-hetero) is 1. The lowest BCUT2D eigenvalue weighted by atomic mass is 9.96. The molecule has 5 nitrogen and oxygen atoms in total. The van der Waals surface area contributed by atoms with Gasteiger partial charge in [0.15, 0.2) is 5.78 Å². The topological polar surface area (TPSA) is 87.2 Å². The SMILES string of the molecule is O=C(O)C1C=Cc2sc(=O)[nH]c2C1=O. The van der Waals surface area contributed by atoms with Gasteiger partial charge in [0.1, 0.15) is 11.6 Å². The molecule has 0 bridgehead atoms. The van der Waals surface area contributed by atoms with Crippen molar-refractivity contribution in [2.24, 2.45) is 5.92 Å². The Kier molecular flexibility index (Phi) is 1.85. The third-order valence-corrected chi connectivity index (χ3v) is 2.76. The molecule has 14 heavy (non-hydrogen) atoms. The van der Waals surface area contributed by atoms with E-state index in [0.29, 0.717) is 4.88 Å². The minimum atomic E-state index is -1.20. The summed E-state index contributed by atoms with van der Waals surface area (Å²) in [5, 5.41) is 8.68. The van der Waals surface area contributed by atoms with Gasteiger partial charge in [0.2, 0.25) is 0 Å². The maximum atomic E-state index is 11.5. The number of fused-ring (bicyclic) bond motifs is 1. The molecule has 0 saturated carbocycles. The lowest BCUT2D eigenvalue weighted by Gasteiger charge is -2.09. The van der Waals surface area contributed by atoms with Crippen LogP contribution < -0.4 is 4.87 Å². The third kappa shape index (κ3) is 1.20. The monoisotopic (exact) mass is 211 g/mol. The van der Waals surface area contributed by atoms with E-state index in [1.807, 2.05) is 0 Å². The molecule has 1 aliphatic carbocycles. The molecule has 1 atom stereocenters. The van der Waals surface area contributed by atoms with Crippen LogP contribution in [0.15, 0.2) is 10.9 Å². The maximum Gasteiger partial charge on any atom is 0.318 e. The van der Waals surface area contributed by atoms with Gasteiger partial charge in [0, 0.05) is 0 Å². The summed E-state index contributed by atoms with van der Waals surface area (Å²) in [5.74, 6) is -2.94. The van der Waals surface area contributed by atoms with Gasteiger partial charge in [-0.3, -0.25) is 14.4 Å². The van der Waals surface area contributed by atoms with Gasteiger partial charge in [-0.05, 0) is 6.08 Å². The van der Waals surface area contributed by atoms with Crippen LogP contribution in [0.5, 0.6) is 0 Å². The van der Waals surface area contributed by atoms with Crippen molar-refractivity contribution >= 4 is 29.2 Å². The molecule has 1 unspecified atom stereocenters. The molecule has 1 heterocycles. The summed E-state index contributed by atoms with van der Waals surface area (Å²) >= 11 is 0.896. The van der Waals surface area contributed by atoms with Crippen LogP contribution in [0.4, 0.5) is 0 Å². The highest BCUT2D eigenvalue weighted by Crippen LogP contribution is 2.22. The first-order chi connectivity index (χ1) is 6.59. The number of ketones is 1. The van der Waals surface area contributed by atoms with Crippen molar-refractivity contribution < 1.29 is 14.7 Å². The first-order valence-electron chi connectivity index (χ1n) is 3.78. The Balaban J connectivity index is 2.54. The Morgan fingerprint density at radius 3 is 2.86 bits per heavy atom. The summed E-state index contributed by atoms with van der Waals surface area (Å²) in [6.07, 6.45) is 2.77. The van der Waals surface area contributed by atoms with Gasteiger partial charge in [0.05, 0.1) is 4.88 Å². The van der Waals surface area contributed by atoms with E-state index in [1.165, 1.54) is 12.2 Å². The summed E-state index contributed by atoms with van der Waals surface area (Å²) < 4.78 is 0. The van der Waals surface area contributed by atoms with Crippen LogP contribution in [0.3, 0.4) is 0 Å². The Morgan fingerprint density at radius 1 is 1.50 bits per heavy atom. The van der Waals surface area contributed by atoms with Crippen LogP contribution in [0.25, 0.3) is 6.08 Å². The van der Waals surface area contributed by atoms with Gasteiger partial charge in [-0.2, -0.15) is 0 Å². The van der Waals surface area contributed by atoms with E-state index < -0.39 is 17.7 Å². The van der Waals surface area contributed by atoms with Crippen molar-refractivity contribution in [1.82, 2.24) is 4.98 Å². The Hall–Kier alpha value is -1.69. The molecule has 0 aliphatic heterocycles. The standard InChI is InChI=1S/C8H5NO4S/c10-6-3(7(11)12)1-2-4-5(6)9-8(13)14-4/h1-3H,(H,9,13)(H,11,12). The Labute approximate surface area is 81.7 Å². The van der Waals surface area contributed by atoms with Gasteiger partial charge in [-0.25, -0.2) is 0 Å². The molecule has 1 aliphatic rings.